The summed E-state index contributed by atoms with van der Waals surface area (Å²) in [6.07, 6.45) is 0.587. The van der Waals surface area contributed by atoms with Gasteiger partial charge < -0.3 is 4.98 Å². The molecule has 1 aromatic heterocycles. The molecule has 0 aliphatic rings. The standard InChI is InChI=1S/C16H11FN2O3/c1-9-6-10(19(21)22)7-12-13(8-20)16(18-15(9)12)11-4-2-3-5-14(11)17/h2-8,18H,1H3. The van der Waals surface area contributed by atoms with Gasteiger partial charge in [0.15, 0.2) is 6.29 Å². The van der Waals surface area contributed by atoms with Gasteiger partial charge in [0.2, 0.25) is 0 Å². The minimum absolute atomic E-state index is 0.104. The van der Waals surface area contributed by atoms with Gasteiger partial charge in [-0.3, -0.25) is 14.9 Å². The minimum Gasteiger partial charge on any atom is -0.354 e. The van der Waals surface area contributed by atoms with Gasteiger partial charge in [-0.05, 0) is 24.6 Å². The van der Waals surface area contributed by atoms with Crippen molar-refractivity contribution in [1.82, 2.24) is 4.98 Å². The van der Waals surface area contributed by atoms with E-state index >= 15 is 0 Å². The highest BCUT2D eigenvalue weighted by molar-refractivity contribution is 6.06. The van der Waals surface area contributed by atoms with Crippen LogP contribution < -0.4 is 0 Å². The first-order valence-corrected chi connectivity index (χ1v) is 6.53. The zero-order valence-corrected chi connectivity index (χ0v) is 11.6. The second kappa shape index (κ2) is 5.07. The number of aromatic nitrogens is 1. The topological polar surface area (TPSA) is 76.0 Å². The summed E-state index contributed by atoms with van der Waals surface area (Å²) in [5.41, 5.74) is 1.90. The molecule has 3 rings (SSSR count). The maximum atomic E-state index is 14.0. The van der Waals surface area contributed by atoms with E-state index in [0.29, 0.717) is 28.4 Å². The summed E-state index contributed by atoms with van der Waals surface area (Å²) >= 11 is 0. The van der Waals surface area contributed by atoms with Crippen LogP contribution in [0, 0.1) is 22.9 Å². The lowest BCUT2D eigenvalue weighted by Crippen LogP contribution is -1.90. The summed E-state index contributed by atoms with van der Waals surface area (Å²) in [5, 5.41) is 11.4. The third-order valence-corrected chi connectivity index (χ3v) is 3.60. The Kier molecular flexibility index (Phi) is 3.21. The Balaban J connectivity index is 2.38. The molecule has 5 nitrogen and oxygen atoms in total. The van der Waals surface area contributed by atoms with Crippen molar-refractivity contribution in [2.75, 3.05) is 0 Å². The van der Waals surface area contributed by atoms with Crippen LogP contribution in [-0.4, -0.2) is 16.2 Å². The normalized spacial score (nSPS) is 10.8. The average Bonchev–Trinajstić information content (AvgIpc) is 2.86. The smallest absolute Gasteiger partial charge is 0.270 e. The van der Waals surface area contributed by atoms with Crippen LogP contribution in [0.1, 0.15) is 15.9 Å². The maximum Gasteiger partial charge on any atom is 0.270 e. The lowest BCUT2D eigenvalue weighted by Gasteiger charge is -2.01. The Morgan fingerprint density at radius 3 is 2.64 bits per heavy atom. The number of nitrogens with zero attached hydrogens (tertiary/aromatic N) is 1. The van der Waals surface area contributed by atoms with E-state index in [1.54, 1.807) is 25.1 Å². The number of aryl methyl sites for hydroxylation is 1. The summed E-state index contributed by atoms with van der Waals surface area (Å²) in [6, 6.07) is 8.80. The van der Waals surface area contributed by atoms with Gasteiger partial charge in [0.05, 0.1) is 16.1 Å². The van der Waals surface area contributed by atoms with E-state index in [4.69, 9.17) is 0 Å². The second-order valence-corrected chi connectivity index (χ2v) is 4.95. The Labute approximate surface area is 124 Å². The molecule has 3 aromatic rings. The maximum absolute atomic E-state index is 14.0. The molecular formula is C16H11FN2O3. The SMILES string of the molecule is Cc1cc([N+](=O)[O-])cc2c(C=O)c(-c3ccccc3F)[nH]c12. The number of halogens is 1. The van der Waals surface area contributed by atoms with Gasteiger partial charge in [-0.25, -0.2) is 4.39 Å². The lowest BCUT2D eigenvalue weighted by molar-refractivity contribution is -0.384. The van der Waals surface area contributed by atoms with Crippen LogP contribution in [0.3, 0.4) is 0 Å². The lowest BCUT2D eigenvalue weighted by atomic mass is 10.0. The molecule has 0 unspecified atom stereocenters. The summed E-state index contributed by atoms with van der Waals surface area (Å²) in [6.45, 7) is 1.70. The number of aldehydes is 1. The third kappa shape index (κ3) is 2.05. The molecule has 0 spiro atoms. The van der Waals surface area contributed by atoms with Gasteiger partial charge in [-0.2, -0.15) is 0 Å². The molecule has 0 bridgehead atoms. The summed E-state index contributed by atoms with van der Waals surface area (Å²) in [5.74, 6) is -0.468. The van der Waals surface area contributed by atoms with Crippen LogP contribution in [0.15, 0.2) is 36.4 Å². The van der Waals surface area contributed by atoms with Gasteiger partial charge in [0.25, 0.3) is 5.69 Å². The van der Waals surface area contributed by atoms with Crippen molar-refractivity contribution in [3.8, 4) is 11.3 Å². The monoisotopic (exact) mass is 298 g/mol. The molecule has 0 fully saturated rings. The number of carbonyl (C=O) groups is 1. The fourth-order valence-electron chi connectivity index (χ4n) is 2.58. The number of hydrogen-bond acceptors (Lipinski definition) is 3. The zero-order valence-electron chi connectivity index (χ0n) is 11.6. The molecule has 1 N–H and O–H groups in total. The number of non-ortho nitro benzene ring substituents is 1. The minimum atomic E-state index is -0.517. The molecule has 2 aromatic carbocycles. The Hall–Kier alpha value is -3.02. The first-order valence-electron chi connectivity index (χ1n) is 6.53. The number of carbonyl (C=O) groups excluding carboxylic acids is 1. The van der Waals surface area contributed by atoms with Crippen molar-refractivity contribution >= 4 is 22.9 Å². The van der Waals surface area contributed by atoms with Crippen molar-refractivity contribution in [3.63, 3.8) is 0 Å². The molecule has 0 amide bonds. The molecule has 1 heterocycles. The van der Waals surface area contributed by atoms with Crippen LogP contribution in [0.25, 0.3) is 22.2 Å². The van der Waals surface area contributed by atoms with Crippen LogP contribution >= 0.6 is 0 Å². The second-order valence-electron chi connectivity index (χ2n) is 4.95. The zero-order chi connectivity index (χ0) is 15.9. The van der Waals surface area contributed by atoms with Crippen molar-refractivity contribution in [2.45, 2.75) is 6.92 Å². The van der Waals surface area contributed by atoms with E-state index in [2.05, 4.69) is 4.98 Å². The number of nitro groups is 1. The molecule has 110 valence electrons. The number of fused-ring (bicyclic) bond motifs is 1. The van der Waals surface area contributed by atoms with E-state index in [0.717, 1.165) is 0 Å². The van der Waals surface area contributed by atoms with E-state index < -0.39 is 10.7 Å². The van der Waals surface area contributed by atoms with Crippen molar-refractivity contribution in [2.24, 2.45) is 0 Å². The van der Waals surface area contributed by atoms with Gasteiger partial charge in [-0.1, -0.05) is 12.1 Å². The number of rotatable bonds is 3. The first-order chi connectivity index (χ1) is 10.5. The third-order valence-electron chi connectivity index (χ3n) is 3.60. The van der Waals surface area contributed by atoms with Gasteiger partial charge in [0, 0.05) is 28.6 Å². The molecule has 0 aliphatic heterocycles. The molecule has 0 aliphatic carbocycles. The van der Waals surface area contributed by atoms with Crippen molar-refractivity contribution in [1.29, 1.82) is 0 Å². The quantitative estimate of drug-likeness (QED) is 0.451. The molecule has 6 heteroatoms. The Bertz CT molecular complexity index is 915. The van der Waals surface area contributed by atoms with Crippen molar-refractivity contribution < 1.29 is 14.1 Å². The van der Waals surface area contributed by atoms with Gasteiger partial charge >= 0.3 is 0 Å². The highest BCUT2D eigenvalue weighted by Crippen LogP contribution is 2.34. The number of benzene rings is 2. The molecule has 0 saturated heterocycles. The average molecular weight is 298 g/mol. The van der Waals surface area contributed by atoms with E-state index in [-0.39, 0.29) is 16.8 Å². The highest BCUT2D eigenvalue weighted by atomic mass is 19.1. The molecule has 0 saturated carbocycles. The van der Waals surface area contributed by atoms with Crippen LogP contribution in [0.2, 0.25) is 0 Å². The first kappa shape index (κ1) is 13.9. The highest BCUT2D eigenvalue weighted by Gasteiger charge is 2.19. The Morgan fingerprint density at radius 1 is 1.27 bits per heavy atom. The summed E-state index contributed by atoms with van der Waals surface area (Å²) in [4.78, 5) is 24.9. The van der Waals surface area contributed by atoms with Crippen LogP contribution in [0.4, 0.5) is 10.1 Å². The number of nitrogens with one attached hydrogen (secondary N) is 1. The molecule has 0 radical (unpaired) electrons. The fourth-order valence-corrected chi connectivity index (χ4v) is 2.58. The Morgan fingerprint density at radius 2 is 2.00 bits per heavy atom. The molecule has 22 heavy (non-hydrogen) atoms. The van der Waals surface area contributed by atoms with Crippen molar-refractivity contribution in [3.05, 3.63) is 63.5 Å². The van der Waals surface area contributed by atoms with Gasteiger partial charge in [-0.15, -0.1) is 0 Å². The van der Waals surface area contributed by atoms with Gasteiger partial charge in [0.1, 0.15) is 5.82 Å². The van der Waals surface area contributed by atoms with Crippen LogP contribution in [0.5, 0.6) is 0 Å². The van der Waals surface area contributed by atoms with E-state index in [1.807, 2.05) is 0 Å². The summed E-state index contributed by atoms with van der Waals surface area (Å²) < 4.78 is 14.0. The van der Waals surface area contributed by atoms with E-state index in [9.17, 15) is 19.3 Å². The predicted molar refractivity (Wildman–Crippen MR) is 80.5 cm³/mol. The number of H-pyrrole nitrogens is 1. The predicted octanol–water partition coefficient (Wildman–Crippen LogP) is 4.00. The number of nitro benzene ring substituents is 1. The fraction of sp³-hybridized carbons (Fsp3) is 0.0625. The largest absolute Gasteiger partial charge is 0.354 e. The number of aromatic amines is 1. The van der Waals surface area contributed by atoms with Crippen LogP contribution in [-0.2, 0) is 0 Å². The van der Waals surface area contributed by atoms with E-state index in [1.165, 1.54) is 18.2 Å². The number of hydrogen-bond donors (Lipinski definition) is 1. The molecular weight excluding hydrogens is 287 g/mol. The summed E-state index contributed by atoms with van der Waals surface area (Å²) in [7, 11) is 0. The molecule has 0 atom stereocenters.